The van der Waals surface area contributed by atoms with Gasteiger partial charge in [0.1, 0.15) is 40.6 Å². The molecule has 1 spiro atoms. The van der Waals surface area contributed by atoms with Crippen LogP contribution in [0.4, 0.5) is 0 Å². The molecule has 3 aromatic rings. The van der Waals surface area contributed by atoms with Gasteiger partial charge in [-0.15, -0.1) is 0 Å². The maximum absolute atomic E-state index is 13.5. The summed E-state index contributed by atoms with van der Waals surface area (Å²) in [5, 5.41) is 85.2. The molecule has 0 aliphatic carbocycles. The number of aliphatic hydroxyl groups is 2. The minimum Gasteiger partial charge on any atom is -0.508 e. The van der Waals surface area contributed by atoms with Gasteiger partial charge >= 0.3 is 0 Å². The van der Waals surface area contributed by atoms with Crippen LogP contribution in [0, 0.1) is 0 Å². The third kappa shape index (κ3) is 2.97. The van der Waals surface area contributed by atoms with E-state index in [0.717, 1.165) is 18.2 Å². The molecule has 0 amide bonds. The van der Waals surface area contributed by atoms with Crippen LogP contribution in [0.1, 0.15) is 33.9 Å². The second kappa shape index (κ2) is 7.77. The van der Waals surface area contributed by atoms with E-state index in [4.69, 9.17) is 18.9 Å². The average molecular weight is 578 g/mol. The Balaban J connectivity index is 1.34. The number of carbonyl (C=O) groups is 1. The lowest BCUT2D eigenvalue weighted by atomic mass is 9.79. The Bertz CT molecular complexity index is 1800. The standard InChI is InChI=1S/C29H22O13/c30-9-1-15(32)11-5-18(35)27(40-19(11)3-9)14-8-22(36)28(38)24-23-13(6-17(34)25(24)37)26-21(41-29(14,23)42-28)7-12-16(33)2-10(31)4-20(12)39-26/h1-4,6,8,18,21,26-27,30-35,37-38H,5,7H2/t18-,21-,26-,27-,28+,29-/m1/s1. The molecule has 216 valence electrons. The minimum atomic E-state index is -2.80. The van der Waals surface area contributed by atoms with Crippen LogP contribution in [0.15, 0.2) is 42.0 Å². The van der Waals surface area contributed by atoms with Crippen LogP contribution >= 0.6 is 0 Å². The molecule has 13 heteroatoms. The van der Waals surface area contributed by atoms with Gasteiger partial charge in [0.15, 0.2) is 23.7 Å². The number of aliphatic hydroxyl groups excluding tert-OH is 1. The zero-order valence-electron chi connectivity index (χ0n) is 21.3. The Morgan fingerprint density at radius 2 is 1.38 bits per heavy atom. The smallest absolute Gasteiger partial charge is 0.265 e. The maximum atomic E-state index is 13.5. The number of ketones is 1. The topological polar surface area (TPSA) is 216 Å². The first-order chi connectivity index (χ1) is 19.9. The number of carbonyl (C=O) groups excluding carboxylic acids is 1. The number of fused-ring (bicyclic) bond motifs is 6. The number of phenols is 6. The molecule has 6 atom stereocenters. The van der Waals surface area contributed by atoms with E-state index in [1.165, 1.54) is 18.2 Å². The van der Waals surface area contributed by atoms with Crippen LogP contribution in [-0.2, 0) is 38.7 Å². The average Bonchev–Trinajstić information content (AvgIpc) is 3.16. The molecule has 0 aromatic heterocycles. The van der Waals surface area contributed by atoms with Crippen LogP contribution < -0.4 is 9.47 Å². The van der Waals surface area contributed by atoms with Crippen molar-refractivity contribution in [1.82, 2.24) is 0 Å². The maximum Gasteiger partial charge on any atom is 0.265 e. The number of phenolic OH excluding ortho intramolecular Hbond substituents is 6. The highest BCUT2D eigenvalue weighted by Crippen LogP contribution is 2.65. The summed E-state index contributed by atoms with van der Waals surface area (Å²) in [4.78, 5) is 13.5. The fraction of sp³-hybridized carbons (Fsp3) is 0.276. The van der Waals surface area contributed by atoms with Gasteiger partial charge in [0, 0.05) is 64.9 Å². The first-order valence-electron chi connectivity index (χ1n) is 13.0. The van der Waals surface area contributed by atoms with E-state index >= 15 is 0 Å². The van der Waals surface area contributed by atoms with Crippen molar-refractivity contribution in [1.29, 1.82) is 0 Å². The molecule has 0 radical (unpaired) electrons. The lowest BCUT2D eigenvalue weighted by molar-refractivity contribution is -0.341. The number of rotatable bonds is 1. The highest BCUT2D eigenvalue weighted by atomic mass is 16.8. The molecule has 8 N–H and O–H groups in total. The fourth-order valence-electron chi connectivity index (χ4n) is 6.79. The predicted octanol–water partition coefficient (Wildman–Crippen LogP) is 1.20. The highest BCUT2D eigenvalue weighted by molar-refractivity contribution is 6.01. The van der Waals surface area contributed by atoms with Gasteiger partial charge in [0.25, 0.3) is 5.79 Å². The molecular weight excluding hydrogens is 556 g/mol. The number of hydrogen-bond donors (Lipinski definition) is 8. The SMILES string of the molecule is O=C1C=C([C@H]2Oc3cc(O)cc(O)c3C[C@H]2O)[C@]23O[C@@H]4Cc5c(O)cc(O)cc5O[C@@H]4c4cc(O)c(O)c(c42)[C@@]1(O)O3. The van der Waals surface area contributed by atoms with Gasteiger partial charge in [-0.3, -0.25) is 9.53 Å². The van der Waals surface area contributed by atoms with Crippen molar-refractivity contribution in [3.63, 3.8) is 0 Å². The van der Waals surface area contributed by atoms with E-state index in [-0.39, 0.29) is 75.2 Å². The number of benzene rings is 3. The van der Waals surface area contributed by atoms with Gasteiger partial charge in [-0.2, -0.15) is 0 Å². The van der Waals surface area contributed by atoms with E-state index in [2.05, 4.69) is 0 Å². The summed E-state index contributed by atoms with van der Waals surface area (Å²) in [6.07, 6.45) is -3.95. The first-order valence-corrected chi connectivity index (χ1v) is 13.0. The van der Waals surface area contributed by atoms with Gasteiger partial charge in [-0.25, -0.2) is 0 Å². The number of aromatic hydroxyl groups is 6. The van der Waals surface area contributed by atoms with Crippen molar-refractivity contribution < 1.29 is 64.6 Å². The molecule has 42 heavy (non-hydrogen) atoms. The van der Waals surface area contributed by atoms with Crippen molar-refractivity contribution in [2.45, 2.75) is 48.8 Å². The molecule has 0 saturated carbocycles. The van der Waals surface area contributed by atoms with Crippen molar-refractivity contribution in [3.8, 4) is 46.0 Å². The first kappa shape index (κ1) is 25.1. The molecule has 13 nitrogen and oxygen atoms in total. The van der Waals surface area contributed by atoms with Crippen LogP contribution in [0.5, 0.6) is 46.0 Å². The molecule has 0 unspecified atom stereocenters. The Labute approximate surface area is 235 Å². The molecule has 0 saturated heterocycles. The van der Waals surface area contributed by atoms with Crippen LogP contribution in [0.25, 0.3) is 0 Å². The summed E-state index contributed by atoms with van der Waals surface area (Å²) in [5.74, 6) is -8.53. The number of ether oxygens (including phenoxy) is 4. The third-order valence-electron chi connectivity index (χ3n) is 8.55. The quantitative estimate of drug-likeness (QED) is 0.191. The van der Waals surface area contributed by atoms with Gasteiger partial charge in [-0.05, 0) is 12.1 Å². The van der Waals surface area contributed by atoms with Crippen LogP contribution in [-0.4, -0.2) is 64.9 Å². The molecule has 5 aliphatic rings. The summed E-state index contributed by atoms with van der Waals surface area (Å²) >= 11 is 0. The molecule has 5 heterocycles. The lowest BCUT2D eigenvalue weighted by Gasteiger charge is -2.49. The van der Waals surface area contributed by atoms with E-state index < -0.39 is 58.8 Å². The highest BCUT2D eigenvalue weighted by Gasteiger charge is 2.70. The van der Waals surface area contributed by atoms with Gasteiger partial charge < -0.3 is 55.1 Å². The Morgan fingerprint density at radius 3 is 2.05 bits per heavy atom. The summed E-state index contributed by atoms with van der Waals surface area (Å²) in [6.45, 7) is 0. The second-order valence-electron chi connectivity index (χ2n) is 11.0. The Hall–Kier alpha value is -4.69. The van der Waals surface area contributed by atoms with E-state index in [1.807, 2.05) is 0 Å². The summed E-state index contributed by atoms with van der Waals surface area (Å²) in [5.41, 5.74) is 0.0553. The van der Waals surface area contributed by atoms with Gasteiger partial charge in [0.05, 0.1) is 11.7 Å². The molecule has 5 aliphatic heterocycles. The zero-order chi connectivity index (χ0) is 29.5. The normalized spacial score (nSPS) is 31.6. The Morgan fingerprint density at radius 1 is 0.762 bits per heavy atom. The molecule has 8 rings (SSSR count). The minimum absolute atomic E-state index is 0.00799. The van der Waals surface area contributed by atoms with E-state index in [1.54, 1.807) is 0 Å². The summed E-state index contributed by atoms with van der Waals surface area (Å²) in [7, 11) is 0. The second-order valence-corrected chi connectivity index (χ2v) is 11.0. The lowest BCUT2D eigenvalue weighted by Crippen LogP contribution is -2.55. The summed E-state index contributed by atoms with van der Waals surface area (Å²) < 4.78 is 24.6. The van der Waals surface area contributed by atoms with E-state index in [9.17, 15) is 45.6 Å². The summed E-state index contributed by atoms with van der Waals surface area (Å²) in [6, 6.07) is 5.93. The van der Waals surface area contributed by atoms with Crippen molar-refractivity contribution in [2.75, 3.05) is 0 Å². The van der Waals surface area contributed by atoms with Crippen molar-refractivity contribution >= 4 is 5.78 Å². The Kier molecular flexibility index (Phi) is 4.64. The van der Waals surface area contributed by atoms with Crippen molar-refractivity contribution in [3.05, 3.63) is 69.8 Å². The predicted molar refractivity (Wildman–Crippen MR) is 135 cm³/mol. The third-order valence-corrected chi connectivity index (χ3v) is 8.55. The van der Waals surface area contributed by atoms with E-state index in [0.29, 0.717) is 0 Å². The van der Waals surface area contributed by atoms with Gasteiger partial charge in [-0.1, -0.05) is 0 Å². The van der Waals surface area contributed by atoms with Gasteiger partial charge in [0.2, 0.25) is 11.6 Å². The van der Waals surface area contributed by atoms with Crippen LogP contribution in [0.2, 0.25) is 0 Å². The van der Waals surface area contributed by atoms with Crippen molar-refractivity contribution in [2.24, 2.45) is 0 Å². The monoisotopic (exact) mass is 578 g/mol. The zero-order valence-corrected chi connectivity index (χ0v) is 21.3. The molecular formula is C29H22O13. The molecule has 2 bridgehead atoms. The van der Waals surface area contributed by atoms with Crippen LogP contribution in [0.3, 0.4) is 0 Å². The number of hydrogen-bond acceptors (Lipinski definition) is 13. The molecule has 3 aromatic carbocycles. The largest absolute Gasteiger partial charge is 0.508 e. The molecule has 0 fully saturated rings. The fourth-order valence-corrected chi connectivity index (χ4v) is 6.79.